The molecule has 1 aliphatic heterocycles. The molecule has 0 radical (unpaired) electrons. The largest absolute Gasteiger partial charge is 0.492 e. The molecule has 1 aliphatic rings. The summed E-state index contributed by atoms with van der Waals surface area (Å²) in [5.41, 5.74) is 0.484. The van der Waals surface area contributed by atoms with Gasteiger partial charge in [0, 0.05) is 19.7 Å². The molecule has 1 saturated heterocycles. The van der Waals surface area contributed by atoms with E-state index in [-0.39, 0.29) is 31.3 Å². The summed E-state index contributed by atoms with van der Waals surface area (Å²) >= 11 is 0. The molecule has 1 aromatic heterocycles. The molecule has 0 spiro atoms. The average molecular weight is 390 g/mol. The number of carbonyl (C=O) groups is 3. The van der Waals surface area contributed by atoms with Crippen molar-refractivity contribution < 1.29 is 23.5 Å². The van der Waals surface area contributed by atoms with Gasteiger partial charge in [0.2, 0.25) is 5.91 Å². The van der Waals surface area contributed by atoms with Crippen molar-refractivity contribution in [1.29, 1.82) is 0 Å². The van der Waals surface area contributed by atoms with Crippen molar-refractivity contribution in [3.8, 4) is 5.75 Å². The average Bonchev–Trinajstić information content (AvgIpc) is 3.22. The van der Waals surface area contributed by atoms with Crippen LogP contribution in [-0.2, 0) is 22.6 Å². The minimum Gasteiger partial charge on any atom is -0.492 e. The Hall–Kier alpha value is -3.50. The van der Waals surface area contributed by atoms with Gasteiger partial charge in [0.1, 0.15) is 30.8 Å². The summed E-state index contributed by atoms with van der Waals surface area (Å²) in [6.45, 7) is 0.572. The molecule has 11 heteroatoms. The molecule has 10 nitrogen and oxygen atoms in total. The van der Waals surface area contributed by atoms with E-state index >= 15 is 0 Å². The maximum absolute atomic E-state index is 12.8. The lowest BCUT2D eigenvalue weighted by Gasteiger charge is -2.17. The highest BCUT2D eigenvalue weighted by molar-refractivity contribution is 6.04. The Morgan fingerprint density at radius 3 is 2.75 bits per heavy atom. The number of aromatic nitrogens is 3. The number of ether oxygens (including phenoxy) is 1. The van der Waals surface area contributed by atoms with Crippen LogP contribution in [0.1, 0.15) is 5.69 Å². The first-order valence-corrected chi connectivity index (χ1v) is 8.53. The Kier molecular flexibility index (Phi) is 5.82. The third kappa shape index (κ3) is 5.02. The van der Waals surface area contributed by atoms with Gasteiger partial charge >= 0.3 is 6.03 Å². The van der Waals surface area contributed by atoms with Crippen LogP contribution in [0.5, 0.6) is 5.75 Å². The molecular formula is C17H19FN6O4. The molecule has 0 saturated carbocycles. The molecule has 2 aromatic rings. The number of hydrogen-bond acceptors (Lipinski definition) is 6. The Balaban J connectivity index is 1.43. The van der Waals surface area contributed by atoms with Gasteiger partial charge in [-0.15, -0.1) is 5.10 Å². The molecule has 1 atom stereocenters. The number of hydrogen-bond donors (Lipinski definition) is 2. The molecule has 2 heterocycles. The van der Waals surface area contributed by atoms with E-state index in [9.17, 15) is 18.8 Å². The number of urea groups is 1. The zero-order valence-corrected chi connectivity index (χ0v) is 15.1. The van der Waals surface area contributed by atoms with Crippen molar-refractivity contribution in [2.45, 2.75) is 19.0 Å². The van der Waals surface area contributed by atoms with Crippen molar-refractivity contribution >= 4 is 17.8 Å². The van der Waals surface area contributed by atoms with Gasteiger partial charge in [-0.1, -0.05) is 5.21 Å². The van der Waals surface area contributed by atoms with E-state index in [2.05, 4.69) is 20.9 Å². The molecule has 0 aliphatic carbocycles. The molecule has 1 aromatic carbocycles. The smallest absolute Gasteiger partial charge is 0.322 e. The SMILES string of the molecule is CN(CCOc1ccc(F)cc1)C(=O)Cn1cc(CC2NC(=O)NC2=O)nn1. The summed E-state index contributed by atoms with van der Waals surface area (Å²) in [5.74, 6) is -0.448. The fourth-order valence-electron chi connectivity index (χ4n) is 2.54. The van der Waals surface area contributed by atoms with Crippen molar-refractivity contribution in [3.05, 3.63) is 42.0 Å². The zero-order chi connectivity index (χ0) is 20.1. The molecule has 148 valence electrons. The van der Waals surface area contributed by atoms with Gasteiger partial charge in [-0.25, -0.2) is 13.9 Å². The molecule has 28 heavy (non-hydrogen) atoms. The van der Waals surface area contributed by atoms with Gasteiger partial charge in [0.25, 0.3) is 5.91 Å². The highest BCUT2D eigenvalue weighted by Gasteiger charge is 2.30. The molecular weight excluding hydrogens is 371 g/mol. The maximum atomic E-state index is 12.8. The van der Waals surface area contributed by atoms with Crippen molar-refractivity contribution in [3.63, 3.8) is 0 Å². The summed E-state index contributed by atoms with van der Waals surface area (Å²) in [6, 6.07) is 4.39. The number of likely N-dealkylation sites (N-methyl/N-ethyl adjacent to an activating group) is 1. The summed E-state index contributed by atoms with van der Waals surface area (Å²) < 4.78 is 19.7. The lowest BCUT2D eigenvalue weighted by molar-refractivity contribution is -0.131. The Morgan fingerprint density at radius 1 is 1.32 bits per heavy atom. The Labute approximate surface area is 159 Å². The van der Waals surface area contributed by atoms with E-state index in [0.29, 0.717) is 18.0 Å². The number of benzene rings is 1. The predicted molar refractivity (Wildman–Crippen MR) is 93.7 cm³/mol. The van der Waals surface area contributed by atoms with E-state index in [0.717, 1.165) is 0 Å². The van der Waals surface area contributed by atoms with Crippen LogP contribution in [0.2, 0.25) is 0 Å². The van der Waals surface area contributed by atoms with Crippen molar-refractivity contribution in [1.82, 2.24) is 30.5 Å². The second-order valence-corrected chi connectivity index (χ2v) is 6.24. The first-order valence-electron chi connectivity index (χ1n) is 8.53. The summed E-state index contributed by atoms with van der Waals surface area (Å²) in [5, 5.41) is 12.4. The summed E-state index contributed by atoms with van der Waals surface area (Å²) in [7, 11) is 1.63. The molecule has 2 N–H and O–H groups in total. The number of imide groups is 1. The van der Waals surface area contributed by atoms with E-state index in [4.69, 9.17) is 4.74 Å². The second kappa shape index (κ2) is 8.46. The van der Waals surface area contributed by atoms with Crippen molar-refractivity contribution in [2.75, 3.05) is 20.2 Å². The minimum absolute atomic E-state index is 0.0245. The quantitative estimate of drug-likeness (QED) is 0.598. The van der Waals surface area contributed by atoms with Gasteiger partial charge in [-0.2, -0.15) is 0 Å². The number of nitrogens with zero attached hydrogens (tertiary/aromatic N) is 4. The molecule has 0 bridgehead atoms. The van der Waals surface area contributed by atoms with Crippen molar-refractivity contribution in [2.24, 2.45) is 0 Å². The van der Waals surface area contributed by atoms with Gasteiger partial charge in [0.15, 0.2) is 0 Å². The number of rotatable bonds is 8. The summed E-state index contributed by atoms with van der Waals surface area (Å²) in [6.07, 6.45) is 1.74. The number of amides is 4. The van der Waals surface area contributed by atoms with Gasteiger partial charge in [0.05, 0.1) is 12.2 Å². The third-order valence-corrected chi connectivity index (χ3v) is 4.09. The minimum atomic E-state index is -0.695. The number of carbonyl (C=O) groups excluding carboxylic acids is 3. The predicted octanol–water partition coefficient (Wildman–Crippen LogP) is -0.295. The highest BCUT2D eigenvalue weighted by atomic mass is 19.1. The maximum Gasteiger partial charge on any atom is 0.322 e. The Morgan fingerprint density at radius 2 is 2.07 bits per heavy atom. The van der Waals surface area contributed by atoms with Crippen LogP contribution in [0, 0.1) is 5.82 Å². The lowest BCUT2D eigenvalue weighted by Crippen LogP contribution is -2.33. The monoisotopic (exact) mass is 390 g/mol. The summed E-state index contributed by atoms with van der Waals surface area (Å²) in [4.78, 5) is 36.4. The van der Waals surface area contributed by atoms with Crippen LogP contribution in [0.4, 0.5) is 9.18 Å². The van der Waals surface area contributed by atoms with Crippen LogP contribution < -0.4 is 15.4 Å². The van der Waals surface area contributed by atoms with E-state index in [1.165, 1.54) is 33.8 Å². The molecule has 4 amide bonds. The third-order valence-electron chi connectivity index (χ3n) is 4.09. The van der Waals surface area contributed by atoms with Crippen LogP contribution in [-0.4, -0.2) is 64.0 Å². The van der Waals surface area contributed by atoms with Crippen LogP contribution in [0.3, 0.4) is 0 Å². The fraction of sp³-hybridized carbons (Fsp3) is 0.353. The first-order chi connectivity index (χ1) is 13.4. The van der Waals surface area contributed by atoms with E-state index in [1.807, 2.05) is 0 Å². The highest BCUT2D eigenvalue weighted by Crippen LogP contribution is 2.10. The van der Waals surface area contributed by atoms with E-state index in [1.54, 1.807) is 13.2 Å². The topological polar surface area (TPSA) is 118 Å². The van der Waals surface area contributed by atoms with Gasteiger partial charge in [-0.3, -0.25) is 14.9 Å². The van der Waals surface area contributed by atoms with Gasteiger partial charge in [-0.05, 0) is 24.3 Å². The normalized spacial score (nSPS) is 15.9. The van der Waals surface area contributed by atoms with Crippen LogP contribution in [0.25, 0.3) is 0 Å². The molecule has 1 unspecified atom stereocenters. The van der Waals surface area contributed by atoms with E-state index < -0.39 is 18.0 Å². The van der Waals surface area contributed by atoms with Crippen LogP contribution >= 0.6 is 0 Å². The fourth-order valence-corrected chi connectivity index (χ4v) is 2.54. The molecule has 3 rings (SSSR count). The van der Waals surface area contributed by atoms with Gasteiger partial charge < -0.3 is 15.0 Å². The lowest BCUT2D eigenvalue weighted by atomic mass is 10.2. The zero-order valence-electron chi connectivity index (χ0n) is 15.1. The number of halogens is 1. The van der Waals surface area contributed by atoms with Crippen LogP contribution in [0.15, 0.2) is 30.5 Å². The second-order valence-electron chi connectivity index (χ2n) is 6.24. The number of nitrogens with one attached hydrogen (secondary N) is 2. The first kappa shape index (κ1) is 19.3. The Bertz CT molecular complexity index is 869. The standard InChI is InChI=1S/C17H19FN6O4/c1-23(6-7-28-13-4-2-11(18)3-5-13)15(25)10-24-9-12(21-22-24)8-14-16(26)20-17(27)19-14/h2-5,9,14H,6-8,10H2,1H3,(H2,19,20,26,27). The molecule has 1 fully saturated rings.